The van der Waals surface area contributed by atoms with Gasteiger partial charge in [0.1, 0.15) is 0 Å². The lowest BCUT2D eigenvalue weighted by Crippen LogP contribution is -1.81. The molecule has 0 amide bonds. The number of rotatable bonds is 8. The van der Waals surface area contributed by atoms with E-state index in [4.69, 9.17) is 5.26 Å². The van der Waals surface area contributed by atoms with Gasteiger partial charge in [0.15, 0.2) is 0 Å². The Balaban J connectivity index is 3.00. The largest absolute Gasteiger partial charge is 0.193 e. The van der Waals surface area contributed by atoms with Gasteiger partial charge in [0.2, 0.25) is 0 Å². The molecule has 74 valence electrons. The van der Waals surface area contributed by atoms with E-state index in [0.29, 0.717) is 0 Å². The fourth-order valence-corrected chi connectivity index (χ4v) is 1.35. The predicted octanol–water partition coefficient (Wildman–Crippen LogP) is 4.21. The minimum atomic E-state index is 0.730. The van der Waals surface area contributed by atoms with Gasteiger partial charge in [0.25, 0.3) is 0 Å². The van der Waals surface area contributed by atoms with Gasteiger partial charge in [-0.1, -0.05) is 52.0 Å². The number of nitrogens with zero attached hydrogens (tertiary/aromatic N) is 1. The average Bonchev–Trinajstić information content (AvgIpc) is 2.16. The van der Waals surface area contributed by atoms with Crippen molar-refractivity contribution in [2.45, 2.75) is 58.3 Å². The molecule has 1 heteroatoms. The van der Waals surface area contributed by atoms with Gasteiger partial charge in [-0.25, -0.2) is 0 Å². The van der Waals surface area contributed by atoms with Crippen molar-refractivity contribution in [1.82, 2.24) is 0 Å². The summed E-state index contributed by atoms with van der Waals surface area (Å²) in [6.07, 6.45) is 10.0. The van der Waals surface area contributed by atoms with Gasteiger partial charge in [0.05, 0.1) is 6.07 Å². The van der Waals surface area contributed by atoms with Crippen LogP contribution in [0.15, 0.2) is 12.2 Å². The highest BCUT2D eigenvalue weighted by Crippen LogP contribution is 2.10. The summed E-state index contributed by atoms with van der Waals surface area (Å²) in [5.41, 5.74) is 0.730. The minimum Gasteiger partial charge on any atom is -0.193 e. The minimum absolute atomic E-state index is 0.730. The second-order valence-corrected chi connectivity index (χ2v) is 3.59. The first-order valence-electron chi connectivity index (χ1n) is 5.39. The van der Waals surface area contributed by atoms with E-state index >= 15 is 0 Å². The summed E-state index contributed by atoms with van der Waals surface area (Å²) in [5.74, 6) is 0. The van der Waals surface area contributed by atoms with E-state index in [9.17, 15) is 0 Å². The lowest BCUT2D eigenvalue weighted by molar-refractivity contribution is 0.590. The average molecular weight is 179 g/mol. The number of allylic oxidation sites excluding steroid dienone is 1. The van der Waals surface area contributed by atoms with E-state index in [1.54, 1.807) is 0 Å². The standard InChI is InChI=1S/C12H21N/c1-3-4-5-6-7-8-9-10-12(2)11-13/h2-10H2,1H3. The van der Waals surface area contributed by atoms with Crippen LogP contribution < -0.4 is 0 Å². The topological polar surface area (TPSA) is 23.8 Å². The Hall–Kier alpha value is -0.770. The second-order valence-electron chi connectivity index (χ2n) is 3.59. The van der Waals surface area contributed by atoms with Crippen molar-refractivity contribution >= 4 is 0 Å². The van der Waals surface area contributed by atoms with E-state index < -0.39 is 0 Å². The molecule has 0 fully saturated rings. The van der Waals surface area contributed by atoms with E-state index in [1.807, 2.05) is 0 Å². The highest BCUT2D eigenvalue weighted by Gasteiger charge is 1.93. The lowest BCUT2D eigenvalue weighted by Gasteiger charge is -1.99. The first-order valence-corrected chi connectivity index (χ1v) is 5.39. The third kappa shape index (κ3) is 9.14. The maximum absolute atomic E-state index is 8.46. The molecular formula is C12H21N. The van der Waals surface area contributed by atoms with Gasteiger partial charge in [0, 0.05) is 5.57 Å². The number of hydrogen-bond donors (Lipinski definition) is 0. The van der Waals surface area contributed by atoms with Crippen molar-refractivity contribution in [2.24, 2.45) is 0 Å². The zero-order chi connectivity index (χ0) is 9.94. The van der Waals surface area contributed by atoms with Crippen LogP contribution in [-0.2, 0) is 0 Å². The van der Waals surface area contributed by atoms with Gasteiger partial charge >= 0.3 is 0 Å². The normalized spacial score (nSPS) is 9.54. The summed E-state index contributed by atoms with van der Waals surface area (Å²) < 4.78 is 0. The first kappa shape index (κ1) is 12.2. The third-order valence-corrected chi connectivity index (χ3v) is 2.24. The Morgan fingerprint density at radius 3 is 2.15 bits per heavy atom. The van der Waals surface area contributed by atoms with Gasteiger partial charge in [-0.2, -0.15) is 5.26 Å². The maximum Gasteiger partial charge on any atom is 0.0940 e. The van der Waals surface area contributed by atoms with Crippen molar-refractivity contribution in [3.05, 3.63) is 12.2 Å². The Bertz CT molecular complexity index is 164. The summed E-state index contributed by atoms with van der Waals surface area (Å²) in [5, 5.41) is 8.46. The molecule has 0 rings (SSSR count). The summed E-state index contributed by atoms with van der Waals surface area (Å²) in [6.45, 7) is 5.89. The molecule has 0 saturated carbocycles. The molecule has 1 nitrogen and oxygen atoms in total. The highest BCUT2D eigenvalue weighted by atomic mass is 14.2. The molecule has 0 radical (unpaired) electrons. The quantitative estimate of drug-likeness (QED) is 0.404. The molecule has 0 aliphatic carbocycles. The maximum atomic E-state index is 8.46. The van der Waals surface area contributed by atoms with E-state index in [-0.39, 0.29) is 0 Å². The van der Waals surface area contributed by atoms with Crippen LogP contribution in [0.5, 0.6) is 0 Å². The molecule has 0 aliphatic heterocycles. The molecule has 0 aromatic rings. The molecular weight excluding hydrogens is 158 g/mol. The number of unbranched alkanes of at least 4 members (excludes halogenated alkanes) is 6. The molecule has 0 aliphatic rings. The molecule has 0 atom stereocenters. The molecule has 0 aromatic heterocycles. The van der Waals surface area contributed by atoms with Crippen molar-refractivity contribution < 1.29 is 0 Å². The van der Waals surface area contributed by atoms with Gasteiger partial charge < -0.3 is 0 Å². The Kier molecular flexibility index (Phi) is 8.77. The Labute approximate surface area is 82.5 Å². The van der Waals surface area contributed by atoms with Crippen LogP contribution in [0.1, 0.15) is 58.3 Å². The fraction of sp³-hybridized carbons (Fsp3) is 0.750. The smallest absolute Gasteiger partial charge is 0.0940 e. The van der Waals surface area contributed by atoms with Gasteiger partial charge in [-0.15, -0.1) is 0 Å². The lowest BCUT2D eigenvalue weighted by atomic mass is 10.1. The molecule has 0 aromatic carbocycles. The monoisotopic (exact) mass is 179 g/mol. The summed E-state index contributed by atoms with van der Waals surface area (Å²) in [6, 6.07) is 2.08. The SMILES string of the molecule is C=C(C#N)CCCCCCCCC. The van der Waals surface area contributed by atoms with E-state index in [0.717, 1.165) is 18.4 Å². The molecule has 0 unspecified atom stereocenters. The van der Waals surface area contributed by atoms with Gasteiger partial charge in [-0.05, 0) is 12.8 Å². The highest BCUT2D eigenvalue weighted by molar-refractivity contribution is 5.14. The molecule has 0 N–H and O–H groups in total. The molecule has 13 heavy (non-hydrogen) atoms. The Morgan fingerprint density at radius 2 is 1.62 bits per heavy atom. The molecule has 0 saturated heterocycles. The van der Waals surface area contributed by atoms with Crippen LogP contribution in [0.4, 0.5) is 0 Å². The van der Waals surface area contributed by atoms with Gasteiger partial charge in [-0.3, -0.25) is 0 Å². The van der Waals surface area contributed by atoms with Crippen LogP contribution in [0.25, 0.3) is 0 Å². The summed E-state index contributed by atoms with van der Waals surface area (Å²) in [4.78, 5) is 0. The van der Waals surface area contributed by atoms with E-state index in [1.165, 1.54) is 38.5 Å². The van der Waals surface area contributed by atoms with Crippen LogP contribution in [-0.4, -0.2) is 0 Å². The molecule has 0 heterocycles. The summed E-state index contributed by atoms with van der Waals surface area (Å²) in [7, 11) is 0. The zero-order valence-electron chi connectivity index (χ0n) is 8.81. The summed E-state index contributed by atoms with van der Waals surface area (Å²) >= 11 is 0. The van der Waals surface area contributed by atoms with Crippen molar-refractivity contribution in [2.75, 3.05) is 0 Å². The van der Waals surface area contributed by atoms with Crippen LogP contribution in [0.3, 0.4) is 0 Å². The van der Waals surface area contributed by atoms with Crippen molar-refractivity contribution in [1.29, 1.82) is 5.26 Å². The van der Waals surface area contributed by atoms with Crippen LogP contribution >= 0.6 is 0 Å². The second kappa shape index (κ2) is 9.32. The van der Waals surface area contributed by atoms with Crippen LogP contribution in [0.2, 0.25) is 0 Å². The van der Waals surface area contributed by atoms with Crippen molar-refractivity contribution in [3.8, 4) is 6.07 Å². The third-order valence-electron chi connectivity index (χ3n) is 2.24. The van der Waals surface area contributed by atoms with Crippen molar-refractivity contribution in [3.63, 3.8) is 0 Å². The Morgan fingerprint density at radius 1 is 1.08 bits per heavy atom. The first-order chi connectivity index (χ1) is 6.31. The fourth-order valence-electron chi connectivity index (χ4n) is 1.35. The van der Waals surface area contributed by atoms with Crippen LogP contribution in [0, 0.1) is 11.3 Å². The molecule has 0 bridgehead atoms. The number of hydrogen-bond acceptors (Lipinski definition) is 1. The predicted molar refractivity (Wildman–Crippen MR) is 57.4 cm³/mol. The zero-order valence-corrected chi connectivity index (χ0v) is 8.81. The van der Waals surface area contributed by atoms with E-state index in [2.05, 4.69) is 19.6 Å². The molecule has 0 spiro atoms. The number of nitriles is 1.